The number of nitrogens with one attached hydrogen (secondary N) is 1. The molecule has 17 heavy (non-hydrogen) atoms. The first-order valence-corrected chi connectivity index (χ1v) is 5.33. The van der Waals surface area contributed by atoms with Crippen molar-refractivity contribution in [3.8, 4) is 0 Å². The molecule has 0 aromatic carbocycles. The molecule has 0 aromatic heterocycles. The van der Waals surface area contributed by atoms with Gasteiger partial charge in [0.15, 0.2) is 0 Å². The Labute approximate surface area is 96.9 Å². The molecule has 102 valence electrons. The maximum atomic E-state index is 11.8. The molecule has 0 radical (unpaired) electrons. The first-order valence-electron chi connectivity index (χ1n) is 5.33. The summed E-state index contributed by atoms with van der Waals surface area (Å²) >= 11 is 0. The number of halogens is 4. The molecule has 4 nitrogen and oxygen atoms in total. The van der Waals surface area contributed by atoms with Crippen molar-refractivity contribution in [1.82, 2.24) is 10.2 Å². The predicted molar refractivity (Wildman–Crippen MR) is 52.1 cm³/mol. The van der Waals surface area contributed by atoms with Gasteiger partial charge in [0.25, 0.3) is 0 Å². The van der Waals surface area contributed by atoms with Crippen LogP contribution in [0.15, 0.2) is 0 Å². The van der Waals surface area contributed by atoms with Crippen LogP contribution in [-0.2, 0) is 9.47 Å². The van der Waals surface area contributed by atoms with E-state index in [2.05, 4.69) is 14.8 Å². The lowest BCUT2D eigenvalue weighted by atomic mass is 10.2. The second-order valence-corrected chi connectivity index (χ2v) is 3.68. The molecule has 1 atom stereocenters. The van der Waals surface area contributed by atoms with Gasteiger partial charge in [0.05, 0.1) is 13.2 Å². The molecule has 1 saturated heterocycles. The smallest absolute Gasteiger partial charge is 0.322 e. The summed E-state index contributed by atoms with van der Waals surface area (Å²) in [5.41, 5.74) is 0. The van der Waals surface area contributed by atoms with E-state index in [9.17, 15) is 17.6 Å². The van der Waals surface area contributed by atoms with E-state index >= 15 is 0 Å². The molecule has 0 bridgehead atoms. The fourth-order valence-electron chi connectivity index (χ4n) is 1.67. The molecular formula is C9H16F4N2O2. The van der Waals surface area contributed by atoms with Gasteiger partial charge in [-0.15, -0.1) is 0 Å². The lowest BCUT2D eigenvalue weighted by Crippen LogP contribution is -2.53. The van der Waals surface area contributed by atoms with Crippen molar-refractivity contribution in [2.45, 2.75) is 19.3 Å². The minimum atomic E-state index is -2.78. The Bertz CT molecular complexity index is 209. The molecule has 8 heteroatoms. The zero-order valence-electron chi connectivity index (χ0n) is 9.25. The predicted octanol–water partition coefficient (Wildman–Crippen LogP) is 0.739. The highest BCUT2D eigenvalue weighted by Crippen LogP contribution is 2.03. The molecule has 0 spiro atoms. The molecular weight excluding hydrogens is 244 g/mol. The van der Waals surface area contributed by atoms with E-state index in [4.69, 9.17) is 0 Å². The standard InChI is InChI=1S/C9H16F4N2O2/c10-8(11)16-4-3-15-2-1-14-7(5-15)6-17-9(12)13/h7-9,14H,1-6H2. The van der Waals surface area contributed by atoms with Crippen molar-refractivity contribution in [2.75, 3.05) is 39.4 Å². The quantitative estimate of drug-likeness (QED) is 0.685. The van der Waals surface area contributed by atoms with Gasteiger partial charge in [0.2, 0.25) is 0 Å². The summed E-state index contributed by atoms with van der Waals surface area (Å²) in [7, 11) is 0. The largest absolute Gasteiger partial charge is 0.345 e. The third kappa shape index (κ3) is 6.77. The zero-order chi connectivity index (χ0) is 12.7. The minimum absolute atomic E-state index is 0.0694. The highest BCUT2D eigenvalue weighted by Gasteiger charge is 2.20. The summed E-state index contributed by atoms with van der Waals surface area (Å²) in [6.45, 7) is -3.57. The third-order valence-corrected chi connectivity index (χ3v) is 2.41. The number of piperazine rings is 1. The van der Waals surface area contributed by atoms with Gasteiger partial charge in [-0.25, -0.2) is 0 Å². The lowest BCUT2D eigenvalue weighted by Gasteiger charge is -2.33. The van der Waals surface area contributed by atoms with E-state index in [0.717, 1.165) is 0 Å². The number of rotatable bonds is 7. The monoisotopic (exact) mass is 260 g/mol. The van der Waals surface area contributed by atoms with Gasteiger partial charge < -0.3 is 14.8 Å². The summed E-state index contributed by atoms with van der Waals surface area (Å²) < 4.78 is 55.4. The Morgan fingerprint density at radius 1 is 1.18 bits per heavy atom. The molecule has 1 N–H and O–H groups in total. The molecule has 1 aliphatic heterocycles. The van der Waals surface area contributed by atoms with Crippen molar-refractivity contribution in [3.05, 3.63) is 0 Å². The molecule has 1 unspecified atom stereocenters. The molecule has 1 heterocycles. The molecule has 0 saturated carbocycles. The number of alkyl halides is 4. The Balaban J connectivity index is 2.14. The van der Waals surface area contributed by atoms with Crippen LogP contribution in [0, 0.1) is 0 Å². The molecule has 1 fully saturated rings. The van der Waals surface area contributed by atoms with Crippen molar-refractivity contribution in [3.63, 3.8) is 0 Å². The van der Waals surface area contributed by atoms with Gasteiger partial charge in [0, 0.05) is 32.2 Å². The number of hydrogen-bond acceptors (Lipinski definition) is 4. The van der Waals surface area contributed by atoms with Crippen LogP contribution in [0.3, 0.4) is 0 Å². The lowest BCUT2D eigenvalue weighted by molar-refractivity contribution is -0.140. The Morgan fingerprint density at radius 2 is 1.88 bits per heavy atom. The number of hydrogen-bond donors (Lipinski definition) is 1. The fourth-order valence-corrected chi connectivity index (χ4v) is 1.67. The van der Waals surface area contributed by atoms with Crippen molar-refractivity contribution in [1.29, 1.82) is 0 Å². The van der Waals surface area contributed by atoms with Gasteiger partial charge >= 0.3 is 13.2 Å². The summed E-state index contributed by atoms with van der Waals surface area (Å²) in [6, 6.07) is -0.204. The molecule has 1 aliphatic rings. The zero-order valence-corrected chi connectivity index (χ0v) is 9.25. The third-order valence-electron chi connectivity index (χ3n) is 2.41. The van der Waals surface area contributed by atoms with E-state index in [0.29, 0.717) is 26.2 Å². The first kappa shape index (κ1) is 14.6. The first-order chi connectivity index (χ1) is 8.08. The van der Waals surface area contributed by atoms with Crippen LogP contribution in [0.2, 0.25) is 0 Å². The normalized spacial score (nSPS) is 22.6. The van der Waals surface area contributed by atoms with E-state index in [1.54, 1.807) is 0 Å². The van der Waals surface area contributed by atoms with Gasteiger partial charge in [-0.05, 0) is 0 Å². The summed E-state index contributed by atoms with van der Waals surface area (Å²) in [5.74, 6) is 0. The van der Waals surface area contributed by atoms with Crippen LogP contribution in [0.1, 0.15) is 0 Å². The van der Waals surface area contributed by atoms with Crippen LogP contribution in [-0.4, -0.2) is 63.6 Å². The summed E-state index contributed by atoms with van der Waals surface area (Å²) in [4.78, 5) is 1.87. The van der Waals surface area contributed by atoms with Gasteiger partial charge in [0.1, 0.15) is 0 Å². The topological polar surface area (TPSA) is 33.7 Å². The molecule has 0 aromatic rings. The van der Waals surface area contributed by atoms with Crippen molar-refractivity contribution in [2.24, 2.45) is 0 Å². The average molecular weight is 260 g/mol. The van der Waals surface area contributed by atoms with E-state index in [1.165, 1.54) is 0 Å². The van der Waals surface area contributed by atoms with Crippen molar-refractivity contribution < 1.29 is 27.0 Å². The van der Waals surface area contributed by atoms with Gasteiger partial charge in [-0.1, -0.05) is 0 Å². The SMILES string of the molecule is FC(F)OCCN1CCNC(COC(F)F)C1. The van der Waals surface area contributed by atoms with Gasteiger partial charge in [-0.2, -0.15) is 17.6 Å². The summed E-state index contributed by atoms with van der Waals surface area (Å²) in [5, 5.41) is 3.01. The Kier molecular flexibility index (Phi) is 6.71. The van der Waals surface area contributed by atoms with Crippen molar-refractivity contribution >= 4 is 0 Å². The van der Waals surface area contributed by atoms with Gasteiger partial charge in [-0.3, -0.25) is 4.90 Å². The minimum Gasteiger partial charge on any atom is -0.322 e. The second-order valence-electron chi connectivity index (χ2n) is 3.68. The van der Waals surface area contributed by atoms with E-state index in [-0.39, 0.29) is 19.3 Å². The Morgan fingerprint density at radius 3 is 2.53 bits per heavy atom. The van der Waals surface area contributed by atoms with Crippen LogP contribution >= 0.6 is 0 Å². The van der Waals surface area contributed by atoms with Crippen LogP contribution in [0.25, 0.3) is 0 Å². The highest BCUT2D eigenvalue weighted by atomic mass is 19.3. The maximum Gasteiger partial charge on any atom is 0.345 e. The molecule has 1 rings (SSSR count). The molecule has 0 aliphatic carbocycles. The average Bonchev–Trinajstić information content (AvgIpc) is 2.26. The van der Waals surface area contributed by atoms with Crippen LogP contribution in [0.5, 0.6) is 0 Å². The highest BCUT2D eigenvalue weighted by molar-refractivity contribution is 4.78. The number of ether oxygens (including phenoxy) is 2. The molecule has 0 amide bonds. The van der Waals surface area contributed by atoms with Crippen LogP contribution in [0.4, 0.5) is 17.6 Å². The number of nitrogens with zero attached hydrogens (tertiary/aromatic N) is 1. The van der Waals surface area contributed by atoms with E-state index in [1.807, 2.05) is 4.90 Å². The summed E-state index contributed by atoms with van der Waals surface area (Å²) in [6.07, 6.45) is 0. The van der Waals surface area contributed by atoms with Crippen LogP contribution < -0.4 is 5.32 Å². The Hall–Kier alpha value is -0.440. The fraction of sp³-hybridized carbons (Fsp3) is 1.00. The van der Waals surface area contributed by atoms with E-state index < -0.39 is 13.2 Å². The second kappa shape index (κ2) is 7.80. The maximum absolute atomic E-state index is 11.8.